The number of rotatable bonds is 6. The van der Waals surface area contributed by atoms with Crippen molar-refractivity contribution in [1.29, 1.82) is 0 Å². The minimum Gasteiger partial charge on any atom is -0.396 e. The van der Waals surface area contributed by atoms with Gasteiger partial charge in [0.1, 0.15) is 0 Å². The normalized spacial score (nSPS) is 13.9. The number of hydrogen-bond acceptors (Lipinski definition) is 3. The number of hydrogen-bond donors (Lipinski definition) is 3. The molecule has 0 radical (unpaired) electrons. The van der Waals surface area contributed by atoms with Crippen molar-refractivity contribution >= 4 is 22.9 Å². The second-order valence-corrected chi connectivity index (χ2v) is 3.25. The van der Waals surface area contributed by atoms with Crippen LogP contribution in [-0.2, 0) is 0 Å². The van der Waals surface area contributed by atoms with Gasteiger partial charge >= 0.3 is 0 Å². The maximum Gasteiger partial charge on any atom is 0.0496 e. The molecule has 0 aromatic rings. The van der Waals surface area contributed by atoms with Crippen molar-refractivity contribution in [1.82, 2.24) is 3.53 Å². The first kappa shape index (κ1) is 11.6. The van der Waals surface area contributed by atoms with Crippen LogP contribution < -0.4 is 3.53 Å². The van der Waals surface area contributed by atoms with Crippen molar-refractivity contribution in [2.24, 2.45) is 5.92 Å². The zero-order valence-electron chi connectivity index (χ0n) is 6.76. The van der Waals surface area contributed by atoms with E-state index in [-0.39, 0.29) is 25.2 Å². The van der Waals surface area contributed by atoms with E-state index in [2.05, 4.69) is 33.3 Å². The molecule has 0 saturated heterocycles. The molecule has 0 aliphatic heterocycles. The molecule has 0 aromatic carbocycles. The SMILES string of the molecule is CCCC(NI)C(CO)CO. The third-order valence-corrected chi connectivity index (χ3v) is 2.58. The Morgan fingerprint density at radius 1 is 1.36 bits per heavy atom. The van der Waals surface area contributed by atoms with E-state index >= 15 is 0 Å². The predicted molar refractivity (Wildman–Crippen MR) is 53.5 cm³/mol. The Hall–Kier alpha value is 0.610. The zero-order chi connectivity index (χ0) is 8.69. The van der Waals surface area contributed by atoms with Gasteiger partial charge in [0.2, 0.25) is 0 Å². The van der Waals surface area contributed by atoms with Crippen LogP contribution in [0.25, 0.3) is 0 Å². The molecular weight excluding hydrogens is 257 g/mol. The summed E-state index contributed by atoms with van der Waals surface area (Å²) in [5, 5.41) is 17.7. The fraction of sp³-hybridized carbons (Fsp3) is 1.00. The molecule has 0 saturated carbocycles. The van der Waals surface area contributed by atoms with E-state index in [4.69, 9.17) is 10.2 Å². The molecule has 0 fully saturated rings. The molecule has 0 bridgehead atoms. The highest BCUT2D eigenvalue weighted by atomic mass is 127. The van der Waals surface area contributed by atoms with Crippen LogP contribution in [0.15, 0.2) is 0 Å². The summed E-state index contributed by atoms with van der Waals surface area (Å²) in [6, 6.07) is 0.232. The summed E-state index contributed by atoms with van der Waals surface area (Å²) >= 11 is 2.06. The Morgan fingerprint density at radius 3 is 2.18 bits per heavy atom. The molecule has 0 amide bonds. The molecule has 0 aliphatic rings. The molecule has 4 heteroatoms. The van der Waals surface area contributed by atoms with Gasteiger partial charge in [-0.25, -0.2) is 0 Å². The van der Waals surface area contributed by atoms with E-state index in [0.717, 1.165) is 12.8 Å². The Kier molecular flexibility index (Phi) is 7.67. The van der Waals surface area contributed by atoms with Crippen LogP contribution in [0.1, 0.15) is 19.8 Å². The third kappa shape index (κ3) is 4.25. The topological polar surface area (TPSA) is 52.5 Å². The number of aliphatic hydroxyl groups excluding tert-OH is 2. The molecule has 1 atom stereocenters. The number of halogens is 1. The summed E-state index contributed by atoms with van der Waals surface area (Å²) in [4.78, 5) is 0. The standard InChI is InChI=1S/C7H16INO2/c1-2-3-7(9-8)6(4-10)5-11/h6-7,9-11H,2-5H2,1H3. The summed E-state index contributed by atoms with van der Waals surface area (Å²) in [6.45, 7) is 2.20. The largest absolute Gasteiger partial charge is 0.396 e. The molecule has 0 heterocycles. The predicted octanol–water partition coefficient (Wildman–Crippen LogP) is 0.696. The summed E-state index contributed by atoms with van der Waals surface area (Å²) < 4.78 is 3.05. The Bertz CT molecular complexity index is 88.5. The van der Waals surface area contributed by atoms with Crippen molar-refractivity contribution < 1.29 is 10.2 Å². The lowest BCUT2D eigenvalue weighted by atomic mass is 9.99. The Labute approximate surface area is 81.7 Å². The van der Waals surface area contributed by atoms with Crippen LogP contribution in [0.3, 0.4) is 0 Å². The fourth-order valence-corrected chi connectivity index (χ4v) is 1.82. The molecule has 68 valence electrons. The highest BCUT2D eigenvalue weighted by Crippen LogP contribution is 2.09. The average Bonchev–Trinajstić information content (AvgIpc) is 2.05. The van der Waals surface area contributed by atoms with Crippen LogP contribution in [0.2, 0.25) is 0 Å². The minimum atomic E-state index is -0.0214. The summed E-state index contributed by atoms with van der Waals surface area (Å²) in [6.07, 6.45) is 2.06. The highest BCUT2D eigenvalue weighted by molar-refractivity contribution is 14.1. The average molecular weight is 273 g/mol. The van der Waals surface area contributed by atoms with Crippen LogP contribution in [0.4, 0.5) is 0 Å². The second-order valence-electron chi connectivity index (χ2n) is 2.63. The van der Waals surface area contributed by atoms with E-state index < -0.39 is 0 Å². The van der Waals surface area contributed by atoms with Gasteiger partial charge in [-0.1, -0.05) is 13.3 Å². The number of aliphatic hydroxyl groups is 2. The van der Waals surface area contributed by atoms with Crippen molar-refractivity contribution in [3.8, 4) is 0 Å². The smallest absolute Gasteiger partial charge is 0.0496 e. The second kappa shape index (κ2) is 7.27. The van der Waals surface area contributed by atoms with Gasteiger partial charge in [0.25, 0.3) is 0 Å². The first-order chi connectivity index (χ1) is 5.29. The van der Waals surface area contributed by atoms with Crippen molar-refractivity contribution in [2.45, 2.75) is 25.8 Å². The lowest BCUT2D eigenvalue weighted by Gasteiger charge is -2.21. The summed E-state index contributed by atoms with van der Waals surface area (Å²) in [7, 11) is 0. The van der Waals surface area contributed by atoms with Gasteiger partial charge in [-0.2, -0.15) is 0 Å². The molecular formula is C7H16INO2. The van der Waals surface area contributed by atoms with E-state index in [1.165, 1.54) is 0 Å². The first-order valence-electron chi connectivity index (χ1n) is 3.88. The van der Waals surface area contributed by atoms with Crippen LogP contribution in [0, 0.1) is 5.92 Å². The third-order valence-electron chi connectivity index (χ3n) is 1.78. The molecule has 3 N–H and O–H groups in total. The minimum absolute atomic E-state index is 0.0214. The van der Waals surface area contributed by atoms with Gasteiger partial charge < -0.3 is 10.2 Å². The highest BCUT2D eigenvalue weighted by Gasteiger charge is 2.17. The van der Waals surface area contributed by atoms with Gasteiger partial charge in [-0.3, -0.25) is 3.53 Å². The Balaban J connectivity index is 3.76. The lowest BCUT2D eigenvalue weighted by Crippen LogP contribution is -2.34. The summed E-state index contributed by atoms with van der Waals surface area (Å²) in [5.41, 5.74) is 0. The van der Waals surface area contributed by atoms with E-state index in [1.54, 1.807) is 0 Å². The van der Waals surface area contributed by atoms with E-state index in [1.807, 2.05) is 0 Å². The molecule has 11 heavy (non-hydrogen) atoms. The number of nitrogens with one attached hydrogen (secondary N) is 1. The summed E-state index contributed by atoms with van der Waals surface area (Å²) in [5.74, 6) is -0.0214. The van der Waals surface area contributed by atoms with Crippen molar-refractivity contribution in [2.75, 3.05) is 13.2 Å². The maximum absolute atomic E-state index is 8.85. The molecule has 3 nitrogen and oxygen atoms in total. The molecule has 0 spiro atoms. The van der Waals surface area contributed by atoms with Gasteiger partial charge in [0.05, 0.1) is 0 Å². The van der Waals surface area contributed by atoms with E-state index in [9.17, 15) is 0 Å². The molecule has 0 aliphatic carbocycles. The quantitative estimate of drug-likeness (QED) is 0.493. The molecule has 0 rings (SSSR count). The van der Waals surface area contributed by atoms with Crippen LogP contribution in [0.5, 0.6) is 0 Å². The molecule has 1 unspecified atom stereocenters. The van der Waals surface area contributed by atoms with E-state index in [0.29, 0.717) is 0 Å². The van der Waals surface area contributed by atoms with Crippen molar-refractivity contribution in [3.63, 3.8) is 0 Å². The zero-order valence-corrected chi connectivity index (χ0v) is 8.91. The van der Waals surface area contributed by atoms with Gasteiger partial charge in [0.15, 0.2) is 0 Å². The molecule has 0 aromatic heterocycles. The first-order valence-corrected chi connectivity index (χ1v) is 4.95. The van der Waals surface area contributed by atoms with Gasteiger partial charge in [-0.15, -0.1) is 0 Å². The van der Waals surface area contributed by atoms with Crippen LogP contribution in [-0.4, -0.2) is 29.5 Å². The lowest BCUT2D eigenvalue weighted by molar-refractivity contribution is 0.126. The van der Waals surface area contributed by atoms with Crippen molar-refractivity contribution in [3.05, 3.63) is 0 Å². The Morgan fingerprint density at radius 2 is 1.91 bits per heavy atom. The maximum atomic E-state index is 8.85. The van der Waals surface area contributed by atoms with Crippen LogP contribution >= 0.6 is 22.9 Å². The van der Waals surface area contributed by atoms with Gasteiger partial charge in [-0.05, 0) is 6.42 Å². The fourth-order valence-electron chi connectivity index (χ4n) is 1.00. The van der Waals surface area contributed by atoms with Gasteiger partial charge in [0, 0.05) is 48.0 Å². The monoisotopic (exact) mass is 273 g/mol.